The molecular formula is C14H28N6. The van der Waals surface area contributed by atoms with Crippen LogP contribution in [0.4, 0.5) is 0 Å². The van der Waals surface area contributed by atoms with Gasteiger partial charge < -0.3 is 5.32 Å². The average molecular weight is 280 g/mol. The minimum Gasteiger partial charge on any atom is -0.317 e. The first-order valence-electron chi connectivity index (χ1n) is 8.01. The van der Waals surface area contributed by atoms with Crippen LogP contribution in [-0.2, 0) is 13.1 Å². The highest BCUT2D eigenvalue weighted by atomic mass is 15.5. The predicted molar refractivity (Wildman–Crippen MR) is 79.3 cm³/mol. The molecule has 2 heterocycles. The Labute approximate surface area is 121 Å². The van der Waals surface area contributed by atoms with Crippen LogP contribution < -0.4 is 5.32 Å². The molecule has 6 nitrogen and oxygen atoms in total. The fourth-order valence-electron chi connectivity index (χ4n) is 2.72. The molecule has 0 aliphatic carbocycles. The van der Waals surface area contributed by atoms with Crippen molar-refractivity contribution in [2.75, 3.05) is 26.2 Å². The fourth-order valence-corrected chi connectivity index (χ4v) is 2.72. The van der Waals surface area contributed by atoms with Crippen LogP contribution >= 0.6 is 0 Å². The first kappa shape index (κ1) is 15.4. The summed E-state index contributed by atoms with van der Waals surface area (Å²) in [6.45, 7) is 10.8. The van der Waals surface area contributed by atoms with E-state index in [2.05, 4.69) is 39.6 Å². The Morgan fingerprint density at radius 1 is 1.25 bits per heavy atom. The van der Waals surface area contributed by atoms with Crippen molar-refractivity contribution < 1.29 is 0 Å². The van der Waals surface area contributed by atoms with Gasteiger partial charge in [0.15, 0.2) is 5.82 Å². The van der Waals surface area contributed by atoms with Crippen LogP contribution in [0.1, 0.15) is 45.4 Å². The summed E-state index contributed by atoms with van der Waals surface area (Å²) in [6.07, 6.45) is 4.88. The maximum Gasteiger partial charge on any atom is 0.165 e. The largest absolute Gasteiger partial charge is 0.317 e. The summed E-state index contributed by atoms with van der Waals surface area (Å²) >= 11 is 0. The molecule has 114 valence electrons. The first-order valence-corrected chi connectivity index (χ1v) is 8.01. The van der Waals surface area contributed by atoms with E-state index in [1.165, 1.54) is 25.8 Å². The Bertz CT molecular complexity index is 369. The van der Waals surface area contributed by atoms with Crippen molar-refractivity contribution in [3.63, 3.8) is 0 Å². The molecule has 1 aromatic rings. The van der Waals surface area contributed by atoms with Gasteiger partial charge in [-0.15, -0.1) is 5.10 Å². The van der Waals surface area contributed by atoms with E-state index in [0.717, 1.165) is 50.9 Å². The molecular weight excluding hydrogens is 252 g/mol. The highest BCUT2D eigenvalue weighted by Gasteiger charge is 2.20. The van der Waals surface area contributed by atoms with Crippen molar-refractivity contribution in [1.82, 2.24) is 30.4 Å². The van der Waals surface area contributed by atoms with Gasteiger partial charge in [0.2, 0.25) is 0 Å². The van der Waals surface area contributed by atoms with E-state index in [4.69, 9.17) is 0 Å². The van der Waals surface area contributed by atoms with E-state index in [0.29, 0.717) is 0 Å². The number of rotatable bonds is 8. The van der Waals surface area contributed by atoms with E-state index in [1.54, 1.807) is 0 Å². The lowest BCUT2D eigenvalue weighted by Gasteiger charge is -2.31. The van der Waals surface area contributed by atoms with Crippen LogP contribution in [0.2, 0.25) is 0 Å². The van der Waals surface area contributed by atoms with Gasteiger partial charge in [0.05, 0.1) is 6.54 Å². The number of piperidine rings is 1. The topological polar surface area (TPSA) is 58.9 Å². The van der Waals surface area contributed by atoms with Gasteiger partial charge >= 0.3 is 0 Å². The van der Waals surface area contributed by atoms with Gasteiger partial charge in [0.1, 0.15) is 0 Å². The predicted octanol–water partition coefficient (Wildman–Crippen LogP) is 1.29. The van der Waals surface area contributed by atoms with Crippen LogP contribution in [0.25, 0.3) is 0 Å². The molecule has 0 radical (unpaired) electrons. The Morgan fingerprint density at radius 2 is 2.05 bits per heavy atom. The van der Waals surface area contributed by atoms with Gasteiger partial charge in [-0.25, -0.2) is 4.68 Å². The Balaban J connectivity index is 1.76. The molecule has 2 rings (SSSR count). The average Bonchev–Trinajstić information content (AvgIpc) is 2.91. The zero-order valence-corrected chi connectivity index (χ0v) is 12.9. The Hall–Kier alpha value is -1.01. The van der Waals surface area contributed by atoms with Crippen LogP contribution in [0, 0.1) is 5.92 Å². The van der Waals surface area contributed by atoms with Gasteiger partial charge in [0, 0.05) is 6.54 Å². The molecule has 1 aliphatic rings. The molecule has 20 heavy (non-hydrogen) atoms. The minimum absolute atomic E-state index is 0.835. The van der Waals surface area contributed by atoms with Crippen molar-refractivity contribution >= 4 is 0 Å². The number of tetrazole rings is 1. The number of likely N-dealkylation sites (tertiary alicyclic amines) is 1. The molecule has 0 saturated carbocycles. The number of hydrogen-bond acceptors (Lipinski definition) is 5. The summed E-state index contributed by atoms with van der Waals surface area (Å²) in [6, 6.07) is 0. The number of nitrogens with zero attached hydrogens (tertiary/aromatic N) is 5. The summed E-state index contributed by atoms with van der Waals surface area (Å²) in [5.41, 5.74) is 0. The summed E-state index contributed by atoms with van der Waals surface area (Å²) in [7, 11) is 0. The first-order chi connectivity index (χ1) is 9.83. The van der Waals surface area contributed by atoms with Crippen LogP contribution in [0.3, 0.4) is 0 Å². The number of aryl methyl sites for hydroxylation is 1. The summed E-state index contributed by atoms with van der Waals surface area (Å²) in [5, 5.41) is 15.6. The number of aromatic nitrogens is 4. The SMILES string of the molecule is CCCCn1nnnc1CN1CCC(CNCC)CC1. The second-order valence-corrected chi connectivity index (χ2v) is 5.70. The van der Waals surface area contributed by atoms with E-state index in [9.17, 15) is 0 Å². The normalized spacial score (nSPS) is 17.7. The zero-order chi connectivity index (χ0) is 14.2. The molecule has 1 fully saturated rings. The van der Waals surface area contributed by atoms with Crippen LogP contribution in [0.5, 0.6) is 0 Å². The van der Waals surface area contributed by atoms with Gasteiger partial charge in [-0.05, 0) is 61.8 Å². The second kappa shape index (κ2) is 8.32. The maximum absolute atomic E-state index is 4.18. The number of nitrogens with one attached hydrogen (secondary N) is 1. The molecule has 1 aromatic heterocycles. The molecule has 1 N–H and O–H groups in total. The third-order valence-electron chi connectivity index (χ3n) is 4.08. The zero-order valence-electron chi connectivity index (χ0n) is 12.9. The Kier molecular flexibility index (Phi) is 6.39. The van der Waals surface area contributed by atoms with E-state index in [-0.39, 0.29) is 0 Å². The van der Waals surface area contributed by atoms with Crippen molar-refractivity contribution in [2.24, 2.45) is 5.92 Å². The summed E-state index contributed by atoms with van der Waals surface area (Å²) < 4.78 is 1.97. The molecule has 0 spiro atoms. The monoisotopic (exact) mass is 280 g/mol. The highest BCUT2D eigenvalue weighted by molar-refractivity contribution is 4.83. The molecule has 0 amide bonds. The minimum atomic E-state index is 0.835. The van der Waals surface area contributed by atoms with Gasteiger partial charge in [0.25, 0.3) is 0 Å². The van der Waals surface area contributed by atoms with E-state index < -0.39 is 0 Å². The lowest BCUT2D eigenvalue weighted by atomic mass is 9.97. The third-order valence-corrected chi connectivity index (χ3v) is 4.08. The van der Waals surface area contributed by atoms with E-state index >= 15 is 0 Å². The summed E-state index contributed by atoms with van der Waals surface area (Å²) in [4.78, 5) is 2.48. The fraction of sp³-hybridized carbons (Fsp3) is 0.929. The smallest absolute Gasteiger partial charge is 0.165 e. The molecule has 0 unspecified atom stereocenters. The molecule has 0 aromatic carbocycles. The molecule has 1 saturated heterocycles. The lowest BCUT2D eigenvalue weighted by Crippen LogP contribution is -2.37. The molecule has 1 aliphatic heterocycles. The lowest BCUT2D eigenvalue weighted by molar-refractivity contribution is 0.169. The van der Waals surface area contributed by atoms with Crippen LogP contribution in [0.15, 0.2) is 0 Å². The number of hydrogen-bond donors (Lipinski definition) is 1. The molecule has 0 atom stereocenters. The molecule has 6 heteroatoms. The quantitative estimate of drug-likeness (QED) is 0.777. The standard InChI is InChI=1S/C14H28N6/c1-3-5-8-20-14(16-17-18-20)12-19-9-6-13(7-10-19)11-15-4-2/h13,15H,3-12H2,1-2H3. The second-order valence-electron chi connectivity index (χ2n) is 5.70. The van der Waals surface area contributed by atoms with Crippen molar-refractivity contribution in [1.29, 1.82) is 0 Å². The summed E-state index contributed by atoms with van der Waals surface area (Å²) in [5.74, 6) is 1.85. The van der Waals surface area contributed by atoms with E-state index in [1.807, 2.05) is 4.68 Å². The highest BCUT2D eigenvalue weighted by Crippen LogP contribution is 2.17. The third kappa shape index (κ3) is 4.52. The molecule has 0 bridgehead atoms. The van der Waals surface area contributed by atoms with Gasteiger partial charge in [-0.2, -0.15) is 0 Å². The maximum atomic E-state index is 4.18. The number of unbranched alkanes of at least 4 members (excludes halogenated alkanes) is 1. The van der Waals surface area contributed by atoms with Crippen molar-refractivity contribution in [3.05, 3.63) is 5.82 Å². The Morgan fingerprint density at radius 3 is 2.75 bits per heavy atom. The van der Waals surface area contributed by atoms with Crippen molar-refractivity contribution in [3.8, 4) is 0 Å². The van der Waals surface area contributed by atoms with Gasteiger partial charge in [-0.1, -0.05) is 20.3 Å². The van der Waals surface area contributed by atoms with Crippen molar-refractivity contribution in [2.45, 2.75) is 52.6 Å². The van der Waals surface area contributed by atoms with Gasteiger partial charge in [-0.3, -0.25) is 4.90 Å². The van der Waals surface area contributed by atoms with Crippen LogP contribution in [-0.4, -0.2) is 51.3 Å².